The van der Waals surface area contributed by atoms with Crippen molar-refractivity contribution in [3.63, 3.8) is 0 Å². The molecule has 3 N–H and O–H groups in total. The van der Waals surface area contributed by atoms with E-state index in [2.05, 4.69) is 30.4 Å². The van der Waals surface area contributed by atoms with Gasteiger partial charge in [0.05, 0.1) is 0 Å². The molecule has 5 heteroatoms. The smallest absolute Gasteiger partial charge is 0.255 e. The number of carbonyl (C=O) groups is 1. The van der Waals surface area contributed by atoms with Crippen molar-refractivity contribution in [3.8, 4) is 5.75 Å². The van der Waals surface area contributed by atoms with Crippen LogP contribution in [0.25, 0.3) is 0 Å². The Morgan fingerprint density at radius 3 is 2.74 bits per heavy atom. The number of halogens is 1. The Kier molecular flexibility index (Phi) is 6.75. The molecule has 27 heavy (non-hydrogen) atoms. The van der Waals surface area contributed by atoms with Crippen molar-refractivity contribution < 1.29 is 9.53 Å². The fraction of sp³-hybridized carbons (Fsp3) is 0.409. The molecule has 1 saturated carbocycles. The quantitative estimate of drug-likeness (QED) is 0.704. The first-order chi connectivity index (χ1) is 13.0. The van der Waals surface area contributed by atoms with Crippen LogP contribution in [0.3, 0.4) is 0 Å². The van der Waals surface area contributed by atoms with Crippen molar-refractivity contribution in [1.29, 1.82) is 0 Å². The topological polar surface area (TPSA) is 64.3 Å². The third-order valence-corrected chi connectivity index (χ3v) is 5.57. The lowest BCUT2D eigenvalue weighted by molar-refractivity contribution is -0.119. The van der Waals surface area contributed by atoms with E-state index >= 15 is 0 Å². The number of benzene rings is 2. The van der Waals surface area contributed by atoms with Crippen molar-refractivity contribution in [2.75, 3.05) is 13.2 Å². The number of hydrogen-bond acceptors (Lipinski definition) is 3. The first-order valence-corrected chi connectivity index (χ1v) is 9.89. The minimum absolute atomic E-state index is 0.0820. The molecule has 1 unspecified atom stereocenters. The first kappa shape index (κ1) is 19.7. The molecule has 1 aliphatic rings. The second-order valence-electron chi connectivity index (χ2n) is 7.38. The van der Waals surface area contributed by atoms with Crippen LogP contribution in [0.4, 0.5) is 0 Å². The summed E-state index contributed by atoms with van der Waals surface area (Å²) in [7, 11) is 0. The summed E-state index contributed by atoms with van der Waals surface area (Å²) in [6.45, 7) is 3.12. The van der Waals surface area contributed by atoms with Crippen molar-refractivity contribution in [2.24, 2.45) is 11.7 Å². The van der Waals surface area contributed by atoms with Gasteiger partial charge in [-0.1, -0.05) is 35.9 Å². The summed E-state index contributed by atoms with van der Waals surface area (Å²) >= 11 is 6.09. The van der Waals surface area contributed by atoms with E-state index in [0.717, 1.165) is 11.6 Å². The summed E-state index contributed by atoms with van der Waals surface area (Å²) in [6, 6.07) is 16.4. The third kappa shape index (κ3) is 5.72. The van der Waals surface area contributed by atoms with Gasteiger partial charge in [0.1, 0.15) is 5.75 Å². The first-order valence-electron chi connectivity index (χ1n) is 9.51. The number of nitrogens with two attached hydrogens (primary N) is 1. The second-order valence-corrected chi connectivity index (χ2v) is 7.82. The Morgan fingerprint density at radius 2 is 2.04 bits per heavy atom. The van der Waals surface area contributed by atoms with Crippen LogP contribution >= 0.6 is 11.6 Å². The Labute approximate surface area is 166 Å². The normalized spacial score (nSPS) is 20.4. The van der Waals surface area contributed by atoms with Gasteiger partial charge in [0.2, 0.25) is 0 Å². The molecule has 0 bridgehead atoms. The van der Waals surface area contributed by atoms with Crippen LogP contribution in [-0.4, -0.2) is 19.1 Å². The fourth-order valence-electron chi connectivity index (χ4n) is 3.79. The highest BCUT2D eigenvalue weighted by molar-refractivity contribution is 6.30. The van der Waals surface area contributed by atoms with E-state index < -0.39 is 5.91 Å². The van der Waals surface area contributed by atoms with Gasteiger partial charge < -0.3 is 15.8 Å². The maximum atomic E-state index is 10.8. The Morgan fingerprint density at radius 1 is 1.26 bits per heavy atom. The molecule has 0 heterocycles. The van der Waals surface area contributed by atoms with E-state index in [1.807, 2.05) is 30.3 Å². The SMILES string of the molecule is C[C@@H](NCC1CC[C@@H](c2ccc(OCC(N)=O)cc2)C1)c1cccc(Cl)c1. The van der Waals surface area contributed by atoms with Gasteiger partial charge in [0.15, 0.2) is 6.61 Å². The summed E-state index contributed by atoms with van der Waals surface area (Å²) in [5.41, 5.74) is 7.67. The second kappa shape index (κ2) is 9.25. The number of rotatable bonds is 8. The van der Waals surface area contributed by atoms with Crippen LogP contribution in [0, 0.1) is 5.92 Å². The molecular weight excluding hydrogens is 360 g/mol. The van der Waals surface area contributed by atoms with Crippen LogP contribution < -0.4 is 15.8 Å². The fourth-order valence-corrected chi connectivity index (χ4v) is 3.99. The van der Waals surface area contributed by atoms with Gasteiger partial charge in [0, 0.05) is 11.1 Å². The van der Waals surface area contributed by atoms with Crippen LogP contribution in [0.2, 0.25) is 5.02 Å². The monoisotopic (exact) mass is 386 g/mol. The predicted octanol–water partition coefficient (Wildman–Crippen LogP) is 4.44. The van der Waals surface area contributed by atoms with Crippen LogP contribution in [0.5, 0.6) is 5.75 Å². The molecule has 2 aromatic carbocycles. The molecule has 3 atom stereocenters. The number of primary amides is 1. The van der Waals surface area contributed by atoms with Crippen LogP contribution in [0.15, 0.2) is 48.5 Å². The van der Waals surface area contributed by atoms with Crippen LogP contribution in [-0.2, 0) is 4.79 Å². The molecule has 1 aliphatic carbocycles. The zero-order valence-corrected chi connectivity index (χ0v) is 16.4. The van der Waals surface area contributed by atoms with E-state index in [0.29, 0.717) is 23.6 Å². The van der Waals surface area contributed by atoms with Crippen molar-refractivity contribution in [2.45, 2.75) is 38.1 Å². The van der Waals surface area contributed by atoms with E-state index in [4.69, 9.17) is 22.1 Å². The highest BCUT2D eigenvalue weighted by atomic mass is 35.5. The van der Waals surface area contributed by atoms with E-state index in [1.54, 1.807) is 0 Å². The van der Waals surface area contributed by atoms with Crippen molar-refractivity contribution in [3.05, 3.63) is 64.7 Å². The summed E-state index contributed by atoms with van der Waals surface area (Å²) in [4.78, 5) is 10.8. The Bertz CT molecular complexity index is 763. The molecule has 144 valence electrons. The lowest BCUT2D eigenvalue weighted by Crippen LogP contribution is -2.24. The number of hydrogen-bond donors (Lipinski definition) is 2. The maximum absolute atomic E-state index is 10.8. The minimum Gasteiger partial charge on any atom is -0.484 e. The lowest BCUT2D eigenvalue weighted by atomic mass is 9.96. The molecule has 0 aliphatic heterocycles. The maximum Gasteiger partial charge on any atom is 0.255 e. The molecule has 2 aromatic rings. The summed E-state index contributed by atoms with van der Waals surface area (Å²) in [6.07, 6.45) is 3.63. The van der Waals surface area contributed by atoms with E-state index in [9.17, 15) is 4.79 Å². The molecular formula is C22H27ClN2O2. The number of ether oxygens (including phenoxy) is 1. The van der Waals surface area contributed by atoms with Crippen molar-refractivity contribution >= 4 is 17.5 Å². The van der Waals surface area contributed by atoms with Gasteiger partial charge in [-0.25, -0.2) is 0 Å². The zero-order valence-electron chi connectivity index (χ0n) is 15.7. The lowest BCUT2D eigenvalue weighted by Gasteiger charge is -2.18. The molecule has 4 nitrogen and oxygen atoms in total. The van der Waals surface area contributed by atoms with E-state index in [-0.39, 0.29) is 6.61 Å². The van der Waals surface area contributed by atoms with Gasteiger partial charge >= 0.3 is 0 Å². The molecule has 0 saturated heterocycles. The van der Waals surface area contributed by atoms with Crippen LogP contribution in [0.1, 0.15) is 49.3 Å². The predicted molar refractivity (Wildman–Crippen MR) is 109 cm³/mol. The van der Waals surface area contributed by atoms with Gasteiger partial charge in [0.25, 0.3) is 5.91 Å². The highest BCUT2D eigenvalue weighted by Gasteiger charge is 2.26. The molecule has 0 aromatic heterocycles. The number of nitrogens with one attached hydrogen (secondary N) is 1. The average Bonchev–Trinajstić information content (AvgIpc) is 3.14. The van der Waals surface area contributed by atoms with Crippen molar-refractivity contribution in [1.82, 2.24) is 5.32 Å². The number of carbonyl (C=O) groups excluding carboxylic acids is 1. The Balaban J connectivity index is 1.47. The zero-order chi connectivity index (χ0) is 19.2. The molecule has 0 spiro atoms. The van der Waals surface area contributed by atoms with Gasteiger partial charge in [-0.15, -0.1) is 0 Å². The van der Waals surface area contributed by atoms with Gasteiger partial charge in [-0.2, -0.15) is 0 Å². The highest BCUT2D eigenvalue weighted by Crippen LogP contribution is 2.38. The van der Waals surface area contributed by atoms with Gasteiger partial charge in [-0.05, 0) is 80.0 Å². The van der Waals surface area contributed by atoms with Gasteiger partial charge in [-0.3, -0.25) is 4.79 Å². The molecule has 1 amide bonds. The average molecular weight is 387 g/mol. The summed E-state index contributed by atoms with van der Waals surface area (Å²) in [5, 5.41) is 4.44. The number of amides is 1. The molecule has 0 radical (unpaired) electrons. The Hall–Kier alpha value is -2.04. The third-order valence-electron chi connectivity index (χ3n) is 5.34. The minimum atomic E-state index is -0.461. The summed E-state index contributed by atoms with van der Waals surface area (Å²) in [5.74, 6) is 1.49. The largest absolute Gasteiger partial charge is 0.484 e. The van der Waals surface area contributed by atoms with E-state index in [1.165, 1.54) is 30.4 Å². The molecule has 3 rings (SSSR count). The molecule has 1 fully saturated rings. The standard InChI is InChI=1S/C22H27ClN2O2/c1-15(18-3-2-4-20(23)12-18)25-13-16-5-6-19(11-16)17-7-9-21(10-8-17)27-14-22(24)26/h2-4,7-10,12,15-16,19,25H,5-6,11,13-14H2,1H3,(H2,24,26)/t15-,16?,19-/m1/s1. The summed E-state index contributed by atoms with van der Waals surface area (Å²) < 4.78 is 5.33.